The average Bonchev–Trinajstić information content (AvgIpc) is 3.14. The SMILES string of the molecule is CCOc1ccc(-c2n[nH]c(=S)n2NN=Cc2cc(OC)c(OC)c(OC)c2)cc1. The number of rotatable bonds is 9. The van der Waals surface area contributed by atoms with Gasteiger partial charge >= 0.3 is 0 Å². The van der Waals surface area contributed by atoms with Crippen molar-refractivity contribution in [1.29, 1.82) is 0 Å². The van der Waals surface area contributed by atoms with E-state index in [-0.39, 0.29) is 0 Å². The molecule has 2 N–H and O–H groups in total. The molecule has 9 nitrogen and oxygen atoms in total. The quantitative estimate of drug-likeness (QED) is 0.305. The molecule has 0 amide bonds. The Bertz CT molecular complexity index is 1050. The third kappa shape index (κ3) is 4.54. The van der Waals surface area contributed by atoms with E-state index in [4.69, 9.17) is 31.2 Å². The Balaban J connectivity index is 1.84. The van der Waals surface area contributed by atoms with Gasteiger partial charge < -0.3 is 18.9 Å². The van der Waals surface area contributed by atoms with Gasteiger partial charge in [-0.25, -0.2) is 10.6 Å². The van der Waals surface area contributed by atoms with Crippen LogP contribution in [0.15, 0.2) is 41.5 Å². The van der Waals surface area contributed by atoms with Crippen molar-refractivity contribution in [3.63, 3.8) is 0 Å². The Morgan fingerprint density at radius 3 is 2.33 bits per heavy atom. The highest BCUT2D eigenvalue weighted by Crippen LogP contribution is 2.37. The molecule has 0 spiro atoms. The third-order valence-electron chi connectivity index (χ3n) is 4.15. The summed E-state index contributed by atoms with van der Waals surface area (Å²) < 4.78 is 23.5. The Labute approximate surface area is 179 Å². The van der Waals surface area contributed by atoms with E-state index in [0.29, 0.717) is 34.5 Å². The first-order valence-electron chi connectivity index (χ1n) is 9.11. The van der Waals surface area contributed by atoms with Crippen molar-refractivity contribution in [2.45, 2.75) is 6.92 Å². The topological polar surface area (TPSA) is 94.9 Å². The van der Waals surface area contributed by atoms with Crippen molar-refractivity contribution >= 4 is 18.4 Å². The largest absolute Gasteiger partial charge is 0.494 e. The number of aromatic amines is 1. The highest BCUT2D eigenvalue weighted by molar-refractivity contribution is 7.71. The van der Waals surface area contributed by atoms with Crippen LogP contribution in [0, 0.1) is 4.77 Å². The lowest BCUT2D eigenvalue weighted by Crippen LogP contribution is -2.10. The van der Waals surface area contributed by atoms with Crippen molar-refractivity contribution in [1.82, 2.24) is 14.9 Å². The summed E-state index contributed by atoms with van der Waals surface area (Å²) in [6.45, 7) is 2.55. The Morgan fingerprint density at radius 1 is 1.10 bits per heavy atom. The van der Waals surface area contributed by atoms with Gasteiger partial charge in [0.1, 0.15) is 5.75 Å². The number of H-pyrrole nitrogens is 1. The molecule has 0 saturated carbocycles. The molecule has 0 aliphatic rings. The molecule has 0 unspecified atom stereocenters. The van der Waals surface area contributed by atoms with Crippen LogP contribution in [0.1, 0.15) is 12.5 Å². The van der Waals surface area contributed by atoms with Crippen LogP contribution in [0.5, 0.6) is 23.0 Å². The number of benzene rings is 2. The molecular weight excluding hydrogens is 406 g/mol. The smallest absolute Gasteiger partial charge is 0.216 e. The first-order chi connectivity index (χ1) is 14.6. The first-order valence-corrected chi connectivity index (χ1v) is 9.51. The van der Waals surface area contributed by atoms with E-state index in [1.807, 2.05) is 31.2 Å². The average molecular weight is 430 g/mol. The Hall–Kier alpha value is -3.53. The summed E-state index contributed by atoms with van der Waals surface area (Å²) in [5.74, 6) is 2.96. The molecule has 1 heterocycles. The van der Waals surface area contributed by atoms with Gasteiger partial charge in [0.25, 0.3) is 0 Å². The highest BCUT2D eigenvalue weighted by Gasteiger charge is 2.12. The van der Waals surface area contributed by atoms with Crippen molar-refractivity contribution < 1.29 is 18.9 Å². The first kappa shape index (κ1) is 21.2. The van der Waals surface area contributed by atoms with Crippen LogP contribution in [0.2, 0.25) is 0 Å². The monoisotopic (exact) mass is 429 g/mol. The second-order valence-corrected chi connectivity index (χ2v) is 6.35. The predicted octanol–water partition coefficient (Wildman–Crippen LogP) is 3.61. The summed E-state index contributed by atoms with van der Waals surface area (Å²) in [5.41, 5.74) is 4.49. The molecule has 0 radical (unpaired) electrons. The molecule has 1 aromatic heterocycles. The Morgan fingerprint density at radius 2 is 1.77 bits per heavy atom. The predicted molar refractivity (Wildman–Crippen MR) is 117 cm³/mol. The maximum Gasteiger partial charge on any atom is 0.216 e. The van der Waals surface area contributed by atoms with Gasteiger partial charge in [0.05, 0.1) is 34.2 Å². The van der Waals surface area contributed by atoms with Crippen molar-refractivity contribution in [3.8, 4) is 34.4 Å². The van der Waals surface area contributed by atoms with E-state index in [1.165, 1.54) is 0 Å². The minimum Gasteiger partial charge on any atom is -0.494 e. The van der Waals surface area contributed by atoms with E-state index in [0.717, 1.165) is 16.9 Å². The van der Waals surface area contributed by atoms with Gasteiger partial charge in [-0.3, -0.25) is 0 Å². The fourth-order valence-corrected chi connectivity index (χ4v) is 2.96. The molecule has 10 heteroatoms. The lowest BCUT2D eigenvalue weighted by molar-refractivity contribution is 0.324. The second kappa shape index (κ2) is 9.79. The van der Waals surface area contributed by atoms with E-state index in [2.05, 4.69) is 20.8 Å². The lowest BCUT2D eigenvalue weighted by Gasteiger charge is -2.12. The third-order valence-corrected chi connectivity index (χ3v) is 4.43. The molecule has 2 aromatic carbocycles. The summed E-state index contributed by atoms with van der Waals surface area (Å²) in [6, 6.07) is 11.1. The highest BCUT2D eigenvalue weighted by atomic mass is 32.1. The number of ether oxygens (including phenoxy) is 4. The van der Waals surface area contributed by atoms with Crippen LogP contribution < -0.4 is 24.5 Å². The Kier molecular flexibility index (Phi) is 6.91. The van der Waals surface area contributed by atoms with E-state index in [1.54, 1.807) is 44.4 Å². The van der Waals surface area contributed by atoms with Gasteiger partial charge in [-0.1, -0.05) is 0 Å². The van der Waals surface area contributed by atoms with Crippen molar-refractivity contribution in [2.24, 2.45) is 5.10 Å². The second-order valence-electron chi connectivity index (χ2n) is 5.96. The standard InChI is InChI=1S/C20H23N5O4S/c1-5-29-15-8-6-14(7-9-15)19-22-23-20(30)25(19)24-21-12-13-10-16(26-2)18(28-4)17(11-13)27-3/h6-12,24H,5H2,1-4H3,(H,23,30). The summed E-state index contributed by atoms with van der Waals surface area (Å²) in [6.07, 6.45) is 1.61. The van der Waals surface area contributed by atoms with E-state index in [9.17, 15) is 0 Å². The number of aromatic nitrogens is 3. The number of methoxy groups -OCH3 is 3. The van der Waals surface area contributed by atoms with Gasteiger partial charge in [0, 0.05) is 11.1 Å². The molecule has 3 aromatic rings. The van der Waals surface area contributed by atoms with E-state index < -0.39 is 0 Å². The van der Waals surface area contributed by atoms with E-state index >= 15 is 0 Å². The van der Waals surface area contributed by atoms with Gasteiger partial charge in [0.15, 0.2) is 17.3 Å². The van der Waals surface area contributed by atoms with Crippen molar-refractivity contribution in [2.75, 3.05) is 33.5 Å². The number of hydrogen-bond donors (Lipinski definition) is 2. The van der Waals surface area contributed by atoms with Gasteiger partial charge in [0.2, 0.25) is 10.5 Å². The van der Waals surface area contributed by atoms with Gasteiger partial charge in [-0.2, -0.15) is 14.9 Å². The zero-order valence-electron chi connectivity index (χ0n) is 17.1. The van der Waals surface area contributed by atoms with Gasteiger partial charge in [-0.15, -0.1) is 0 Å². The zero-order valence-corrected chi connectivity index (χ0v) is 17.9. The van der Waals surface area contributed by atoms with Gasteiger partial charge in [-0.05, 0) is 55.5 Å². The zero-order chi connectivity index (χ0) is 21.5. The lowest BCUT2D eigenvalue weighted by atomic mass is 10.2. The molecule has 158 valence electrons. The molecule has 0 bridgehead atoms. The summed E-state index contributed by atoms with van der Waals surface area (Å²) in [4.78, 5) is 0. The number of hydrogen-bond acceptors (Lipinski definition) is 8. The molecule has 3 rings (SSSR count). The normalized spacial score (nSPS) is 10.8. The maximum absolute atomic E-state index is 5.48. The van der Waals surface area contributed by atoms with Crippen LogP contribution in [-0.4, -0.2) is 49.0 Å². The number of nitrogens with zero attached hydrogens (tertiary/aromatic N) is 3. The molecule has 0 saturated heterocycles. The minimum absolute atomic E-state index is 0.376. The fraction of sp³-hybridized carbons (Fsp3) is 0.250. The van der Waals surface area contributed by atoms with Crippen LogP contribution in [0.4, 0.5) is 0 Å². The minimum atomic E-state index is 0.376. The van der Waals surface area contributed by atoms with Crippen LogP contribution in [-0.2, 0) is 0 Å². The maximum atomic E-state index is 5.48. The molecule has 0 fully saturated rings. The molecule has 0 aliphatic heterocycles. The summed E-state index contributed by atoms with van der Waals surface area (Å²) in [7, 11) is 4.67. The van der Waals surface area contributed by atoms with Crippen LogP contribution >= 0.6 is 12.2 Å². The van der Waals surface area contributed by atoms with Crippen molar-refractivity contribution in [3.05, 3.63) is 46.7 Å². The molecule has 0 aliphatic carbocycles. The molecule has 0 atom stereocenters. The summed E-state index contributed by atoms with van der Waals surface area (Å²) in [5, 5.41) is 11.3. The number of hydrazone groups is 1. The fourth-order valence-electron chi connectivity index (χ4n) is 2.79. The number of nitrogens with one attached hydrogen (secondary N) is 2. The molecule has 30 heavy (non-hydrogen) atoms. The van der Waals surface area contributed by atoms with Crippen LogP contribution in [0.25, 0.3) is 11.4 Å². The summed E-state index contributed by atoms with van der Waals surface area (Å²) >= 11 is 5.31. The van der Waals surface area contributed by atoms with Crippen LogP contribution in [0.3, 0.4) is 0 Å². The molecular formula is C20H23N5O4S.